The van der Waals surface area contributed by atoms with Crippen LogP contribution in [0.5, 0.6) is 5.75 Å². The number of halogens is 1. The fraction of sp³-hybridized carbons (Fsp3) is 0.457. The van der Waals surface area contributed by atoms with E-state index in [2.05, 4.69) is 48.8 Å². The molecule has 0 spiro atoms. The Labute approximate surface area is 289 Å². The first-order chi connectivity index (χ1) is 22.9. The summed E-state index contributed by atoms with van der Waals surface area (Å²) in [6.07, 6.45) is 6.38. The van der Waals surface area contributed by atoms with E-state index in [0.29, 0.717) is 28.7 Å². The Kier molecular flexibility index (Phi) is 11.3. The van der Waals surface area contributed by atoms with E-state index in [1.54, 1.807) is 51.2 Å². The molecule has 0 bridgehead atoms. The van der Waals surface area contributed by atoms with Crippen LogP contribution in [0.25, 0.3) is 5.57 Å². The van der Waals surface area contributed by atoms with Gasteiger partial charge in [-0.1, -0.05) is 29.8 Å². The van der Waals surface area contributed by atoms with Crippen LogP contribution in [0.15, 0.2) is 53.6 Å². The molecule has 2 heterocycles. The number of piperazine rings is 1. The summed E-state index contributed by atoms with van der Waals surface area (Å²) in [6, 6.07) is 10.8. The Hall–Kier alpha value is -3.71. The molecule has 1 aliphatic heterocycles. The van der Waals surface area contributed by atoms with E-state index in [4.69, 9.17) is 16.3 Å². The van der Waals surface area contributed by atoms with E-state index in [-0.39, 0.29) is 33.7 Å². The molecule has 0 unspecified atom stereocenters. The molecule has 1 atom stereocenters. The number of carbonyl (C=O) groups excluding carboxylic acids is 1. The fourth-order valence-corrected chi connectivity index (χ4v) is 7.38. The Morgan fingerprint density at radius 1 is 1.04 bits per heavy atom. The second-order valence-electron chi connectivity index (χ2n) is 12.9. The lowest BCUT2D eigenvalue weighted by molar-refractivity contribution is 0.0962. The number of hydrogen-bond acceptors (Lipinski definition) is 10. The lowest BCUT2D eigenvalue weighted by atomic mass is 9.87. The van der Waals surface area contributed by atoms with E-state index in [1.807, 2.05) is 19.9 Å². The largest absolute Gasteiger partial charge is 0.489 e. The van der Waals surface area contributed by atoms with Crippen molar-refractivity contribution in [3.8, 4) is 5.75 Å². The summed E-state index contributed by atoms with van der Waals surface area (Å²) in [4.78, 5) is 27.3. The number of aromatic nitrogens is 2. The molecule has 2 aromatic carbocycles. The number of sulfone groups is 1. The SMILES string of the molecule is CNC(=O)c1cc(Nc2ncc(Cl)c(Nc3ccccc3S(=O)(=O)C(C)C)n2)c(OC(C)C)cc1C1=CC[C@@H](N2CCN(C)CC2)CC1. The van der Waals surface area contributed by atoms with Crippen molar-refractivity contribution in [3.05, 3.63) is 64.8 Å². The molecular weight excluding hydrogens is 650 g/mol. The first-order valence-electron chi connectivity index (χ1n) is 16.5. The van der Waals surface area contributed by atoms with Gasteiger partial charge in [0.2, 0.25) is 5.95 Å². The highest BCUT2D eigenvalue weighted by Crippen LogP contribution is 2.39. The Morgan fingerprint density at radius 2 is 1.77 bits per heavy atom. The fourth-order valence-electron chi connectivity index (χ4n) is 6.04. The Bertz CT molecular complexity index is 1770. The van der Waals surface area contributed by atoms with Crippen LogP contribution in [0.2, 0.25) is 5.02 Å². The van der Waals surface area contributed by atoms with Gasteiger partial charge in [0.15, 0.2) is 15.7 Å². The van der Waals surface area contributed by atoms with Gasteiger partial charge in [0.25, 0.3) is 5.91 Å². The van der Waals surface area contributed by atoms with E-state index in [9.17, 15) is 13.2 Å². The summed E-state index contributed by atoms with van der Waals surface area (Å²) in [7, 11) is 0.205. The van der Waals surface area contributed by atoms with E-state index in [0.717, 1.165) is 56.6 Å². The molecule has 1 aliphatic carbocycles. The highest BCUT2D eigenvalue weighted by atomic mass is 35.5. The van der Waals surface area contributed by atoms with E-state index < -0.39 is 15.1 Å². The zero-order valence-electron chi connectivity index (χ0n) is 28.5. The lowest BCUT2D eigenvalue weighted by Gasteiger charge is -2.39. The van der Waals surface area contributed by atoms with Crippen molar-refractivity contribution in [2.45, 2.75) is 69.2 Å². The predicted molar refractivity (Wildman–Crippen MR) is 193 cm³/mol. The number of allylic oxidation sites excluding steroid dienone is 1. The zero-order chi connectivity index (χ0) is 34.6. The maximum absolute atomic E-state index is 13.3. The molecule has 5 rings (SSSR count). The number of rotatable bonds is 11. The highest BCUT2D eigenvalue weighted by Gasteiger charge is 2.27. The molecule has 1 amide bonds. The quantitative estimate of drug-likeness (QED) is 0.216. The monoisotopic (exact) mass is 695 g/mol. The molecule has 11 nitrogen and oxygen atoms in total. The average molecular weight is 696 g/mol. The summed E-state index contributed by atoms with van der Waals surface area (Å²) in [6.45, 7) is 11.5. The minimum atomic E-state index is -3.58. The topological polar surface area (TPSA) is 129 Å². The minimum Gasteiger partial charge on any atom is -0.489 e. The molecular formula is C35H46ClN7O4S. The normalized spacial score (nSPS) is 17.7. The molecule has 1 aromatic heterocycles. The summed E-state index contributed by atoms with van der Waals surface area (Å²) < 4.78 is 32.4. The van der Waals surface area contributed by atoms with Crippen molar-refractivity contribution >= 4 is 56.1 Å². The van der Waals surface area contributed by atoms with E-state index in [1.165, 1.54) is 6.20 Å². The first-order valence-corrected chi connectivity index (χ1v) is 18.4. The lowest BCUT2D eigenvalue weighted by Crippen LogP contribution is -2.49. The van der Waals surface area contributed by atoms with Crippen molar-refractivity contribution in [2.75, 3.05) is 50.9 Å². The van der Waals surface area contributed by atoms with Crippen molar-refractivity contribution in [1.29, 1.82) is 0 Å². The third-order valence-corrected chi connectivity index (χ3v) is 11.3. The van der Waals surface area contributed by atoms with Crippen LogP contribution >= 0.6 is 11.6 Å². The van der Waals surface area contributed by atoms with Gasteiger partial charge in [0.05, 0.1) is 33.8 Å². The molecule has 3 N–H and O–H groups in total. The van der Waals surface area contributed by atoms with Gasteiger partial charge in [-0.25, -0.2) is 13.4 Å². The smallest absolute Gasteiger partial charge is 0.251 e. The number of carbonyl (C=O) groups is 1. The number of nitrogens with zero attached hydrogens (tertiary/aromatic N) is 4. The molecule has 1 fully saturated rings. The van der Waals surface area contributed by atoms with Crippen LogP contribution in [0.3, 0.4) is 0 Å². The highest BCUT2D eigenvalue weighted by molar-refractivity contribution is 7.92. The van der Waals surface area contributed by atoms with Crippen molar-refractivity contribution in [3.63, 3.8) is 0 Å². The van der Waals surface area contributed by atoms with Crippen molar-refractivity contribution < 1.29 is 17.9 Å². The van der Waals surface area contributed by atoms with Crippen LogP contribution in [-0.4, -0.2) is 91.8 Å². The van der Waals surface area contributed by atoms with Crippen LogP contribution in [0.1, 0.15) is 62.9 Å². The standard InChI is InChI=1S/C35H46ClN7O4S/c1-22(2)47-31-20-26(24-11-13-25(14-12-24)43-17-15-42(6)16-18-43)27(34(44)37-5)19-30(31)40-35-38-21-28(36)33(41-35)39-29-9-7-8-10-32(29)48(45,46)23(3)4/h7-11,19-23,25H,12-18H2,1-6H3,(H,37,44)(H2,38,39,40,41)/t25-/m1/s1. The van der Waals surface area contributed by atoms with Crippen LogP contribution in [0.4, 0.5) is 23.1 Å². The molecule has 48 heavy (non-hydrogen) atoms. The molecule has 13 heteroatoms. The van der Waals surface area contributed by atoms with Gasteiger partial charge >= 0.3 is 0 Å². The third-order valence-electron chi connectivity index (χ3n) is 8.80. The van der Waals surface area contributed by atoms with Gasteiger partial charge in [-0.2, -0.15) is 4.98 Å². The van der Waals surface area contributed by atoms with Gasteiger partial charge in [-0.15, -0.1) is 0 Å². The van der Waals surface area contributed by atoms with Gasteiger partial charge in [0, 0.05) is 44.8 Å². The van der Waals surface area contributed by atoms with Gasteiger partial charge in [0.1, 0.15) is 10.8 Å². The number of ether oxygens (including phenoxy) is 1. The Morgan fingerprint density at radius 3 is 2.42 bits per heavy atom. The first kappa shape index (κ1) is 35.6. The molecule has 258 valence electrons. The number of nitrogens with one attached hydrogen (secondary N) is 3. The molecule has 2 aliphatic rings. The van der Waals surface area contributed by atoms with E-state index >= 15 is 0 Å². The minimum absolute atomic E-state index is 0.144. The average Bonchev–Trinajstić information content (AvgIpc) is 3.06. The molecule has 1 saturated heterocycles. The van der Waals surface area contributed by atoms with Crippen LogP contribution in [0, 0.1) is 0 Å². The van der Waals surface area contributed by atoms with Crippen LogP contribution in [-0.2, 0) is 9.84 Å². The number of anilines is 4. The summed E-state index contributed by atoms with van der Waals surface area (Å²) >= 11 is 6.48. The number of hydrogen-bond donors (Lipinski definition) is 3. The molecule has 0 radical (unpaired) electrons. The summed E-state index contributed by atoms with van der Waals surface area (Å²) in [5, 5.41) is 8.69. The molecule has 0 saturated carbocycles. The second-order valence-corrected chi connectivity index (χ2v) is 15.7. The number of para-hydroxylation sites is 1. The zero-order valence-corrected chi connectivity index (χ0v) is 30.1. The summed E-state index contributed by atoms with van der Waals surface area (Å²) in [5.41, 5.74) is 3.34. The number of amides is 1. The van der Waals surface area contributed by atoms with Crippen LogP contribution < -0.4 is 20.7 Å². The summed E-state index contributed by atoms with van der Waals surface area (Å²) in [5.74, 6) is 0.740. The van der Waals surface area contributed by atoms with Crippen molar-refractivity contribution in [1.82, 2.24) is 25.1 Å². The third kappa shape index (κ3) is 8.11. The van der Waals surface area contributed by atoms with Gasteiger partial charge in [-0.3, -0.25) is 9.69 Å². The van der Waals surface area contributed by atoms with Crippen molar-refractivity contribution in [2.24, 2.45) is 0 Å². The molecule has 3 aromatic rings. The van der Waals surface area contributed by atoms with Gasteiger partial charge in [-0.05, 0) is 89.4 Å². The van der Waals surface area contributed by atoms with Gasteiger partial charge < -0.3 is 25.6 Å². The maximum Gasteiger partial charge on any atom is 0.251 e. The predicted octanol–water partition coefficient (Wildman–Crippen LogP) is 6.13. The number of likely N-dealkylation sites (N-methyl/N-ethyl adjacent to an activating group) is 1. The number of benzene rings is 2. The Balaban J connectivity index is 1.47. The second kappa shape index (κ2) is 15.2. The maximum atomic E-state index is 13.3.